The van der Waals surface area contributed by atoms with E-state index < -0.39 is 31.7 Å². The fraction of sp³-hybridized carbons (Fsp3) is 0.222. The number of halogens is 1. The van der Waals surface area contributed by atoms with Gasteiger partial charge in [-0.1, -0.05) is 11.2 Å². The van der Waals surface area contributed by atoms with Gasteiger partial charge < -0.3 is 4.52 Å². The first-order valence-corrected chi connectivity index (χ1v) is 11.8. The Bertz CT molecular complexity index is 1250. The van der Waals surface area contributed by atoms with E-state index in [4.69, 9.17) is 4.52 Å². The molecule has 0 spiro atoms. The monoisotopic (exact) mass is 439 g/mol. The summed E-state index contributed by atoms with van der Waals surface area (Å²) in [6.45, 7) is 3.07. The van der Waals surface area contributed by atoms with Crippen molar-refractivity contribution in [2.75, 3.05) is 6.26 Å². The van der Waals surface area contributed by atoms with Gasteiger partial charge in [-0.05, 0) is 55.8 Å². The number of nitrogens with zero attached hydrogens (tertiary/aromatic N) is 2. The Labute approximate surface area is 167 Å². The quantitative estimate of drug-likeness (QED) is 0.627. The summed E-state index contributed by atoms with van der Waals surface area (Å²) >= 11 is 0. The number of aryl methyl sites for hydroxylation is 1. The van der Waals surface area contributed by atoms with Gasteiger partial charge in [-0.15, -0.1) is 0 Å². The number of nitrogens with one attached hydrogen (secondary N) is 1. The molecule has 0 fully saturated rings. The average Bonchev–Trinajstić information content (AvgIpc) is 3.11. The van der Waals surface area contributed by atoms with E-state index in [1.54, 1.807) is 6.92 Å². The summed E-state index contributed by atoms with van der Waals surface area (Å²) in [5, 5.41) is 3.78. The third-order valence-electron chi connectivity index (χ3n) is 4.12. The lowest BCUT2D eigenvalue weighted by Crippen LogP contribution is -2.28. The van der Waals surface area contributed by atoms with Gasteiger partial charge in [0.05, 0.1) is 15.8 Å². The maximum Gasteiger partial charge on any atom is 0.244 e. The lowest BCUT2D eigenvalue weighted by atomic mass is 10.2. The first-order valence-electron chi connectivity index (χ1n) is 8.40. The van der Waals surface area contributed by atoms with Crippen LogP contribution in [0.5, 0.6) is 0 Å². The van der Waals surface area contributed by atoms with Gasteiger partial charge >= 0.3 is 0 Å². The standard InChI is InChI=1S/C18H18FN3O5S2/c1-11-4-9-15(28(3,23)24)10-16(11)29(25,26)22-12(2)18-20-17(21-27-18)13-5-7-14(19)8-6-13/h4-10,12,22H,1-3H3. The molecule has 0 aliphatic rings. The molecule has 1 atom stereocenters. The molecule has 0 amide bonds. The zero-order chi connectivity index (χ0) is 21.4. The van der Waals surface area contributed by atoms with E-state index in [9.17, 15) is 21.2 Å². The molecule has 1 heterocycles. The normalized spacial score (nSPS) is 13.4. The van der Waals surface area contributed by atoms with Gasteiger partial charge in [0.2, 0.25) is 21.7 Å². The molecular weight excluding hydrogens is 421 g/mol. The molecule has 1 aromatic heterocycles. The second-order valence-electron chi connectivity index (χ2n) is 6.51. The van der Waals surface area contributed by atoms with Gasteiger partial charge in [0.15, 0.2) is 9.84 Å². The summed E-state index contributed by atoms with van der Waals surface area (Å²) < 4.78 is 69.7. The minimum atomic E-state index is -4.07. The lowest BCUT2D eigenvalue weighted by molar-refractivity contribution is 0.354. The highest BCUT2D eigenvalue weighted by Crippen LogP contribution is 2.23. The van der Waals surface area contributed by atoms with E-state index in [2.05, 4.69) is 14.9 Å². The molecule has 11 heteroatoms. The number of benzene rings is 2. The summed E-state index contributed by atoms with van der Waals surface area (Å²) in [4.78, 5) is 3.88. The summed E-state index contributed by atoms with van der Waals surface area (Å²) in [5.41, 5.74) is 0.891. The molecule has 0 radical (unpaired) electrons. The first-order chi connectivity index (χ1) is 13.5. The number of sulfonamides is 1. The van der Waals surface area contributed by atoms with Crippen LogP contribution < -0.4 is 4.72 Å². The Morgan fingerprint density at radius 1 is 1.07 bits per heavy atom. The van der Waals surface area contributed by atoms with Crippen molar-refractivity contribution in [1.29, 1.82) is 0 Å². The predicted octanol–water partition coefficient (Wildman–Crippen LogP) is 2.63. The van der Waals surface area contributed by atoms with Crippen molar-refractivity contribution in [1.82, 2.24) is 14.9 Å². The first kappa shape index (κ1) is 21.1. The Morgan fingerprint density at radius 3 is 2.34 bits per heavy atom. The highest BCUT2D eigenvalue weighted by Gasteiger charge is 2.25. The molecule has 1 unspecified atom stereocenters. The number of hydrogen-bond acceptors (Lipinski definition) is 7. The van der Waals surface area contributed by atoms with Crippen molar-refractivity contribution in [3.63, 3.8) is 0 Å². The molecule has 3 rings (SSSR count). The fourth-order valence-electron chi connectivity index (χ4n) is 2.57. The van der Waals surface area contributed by atoms with Crippen molar-refractivity contribution in [3.8, 4) is 11.4 Å². The molecule has 29 heavy (non-hydrogen) atoms. The van der Waals surface area contributed by atoms with Crippen LogP contribution in [-0.2, 0) is 19.9 Å². The molecule has 1 N–H and O–H groups in total. The maximum atomic E-state index is 13.0. The highest BCUT2D eigenvalue weighted by atomic mass is 32.2. The summed E-state index contributed by atoms with van der Waals surface area (Å²) in [6.07, 6.45) is 1.000. The van der Waals surface area contributed by atoms with E-state index >= 15 is 0 Å². The maximum absolute atomic E-state index is 13.0. The minimum Gasteiger partial charge on any atom is -0.337 e. The van der Waals surface area contributed by atoms with Gasteiger partial charge in [-0.2, -0.15) is 9.71 Å². The Morgan fingerprint density at radius 2 is 1.72 bits per heavy atom. The van der Waals surface area contributed by atoms with Gasteiger partial charge in [0, 0.05) is 11.8 Å². The lowest BCUT2D eigenvalue weighted by Gasteiger charge is -2.13. The number of hydrogen-bond donors (Lipinski definition) is 1. The van der Waals surface area contributed by atoms with Crippen molar-refractivity contribution < 1.29 is 25.7 Å². The van der Waals surface area contributed by atoms with Gasteiger partial charge in [0.1, 0.15) is 5.82 Å². The average molecular weight is 439 g/mol. The van der Waals surface area contributed by atoms with E-state index in [0.29, 0.717) is 11.1 Å². The topological polar surface area (TPSA) is 119 Å². The van der Waals surface area contributed by atoms with Crippen molar-refractivity contribution in [3.05, 3.63) is 59.7 Å². The van der Waals surface area contributed by atoms with E-state index in [-0.39, 0.29) is 21.5 Å². The summed E-state index contributed by atoms with van der Waals surface area (Å²) in [6, 6.07) is 8.43. The van der Waals surface area contributed by atoms with E-state index in [0.717, 1.165) is 12.3 Å². The molecule has 2 aromatic carbocycles. The molecule has 0 saturated heterocycles. The van der Waals surface area contributed by atoms with Crippen molar-refractivity contribution in [2.45, 2.75) is 29.7 Å². The smallest absolute Gasteiger partial charge is 0.244 e. The van der Waals surface area contributed by atoms with Crippen LogP contribution in [-0.4, -0.2) is 33.2 Å². The fourth-order valence-corrected chi connectivity index (χ4v) is 4.76. The van der Waals surface area contributed by atoms with Crippen molar-refractivity contribution >= 4 is 19.9 Å². The number of aromatic nitrogens is 2. The highest BCUT2D eigenvalue weighted by molar-refractivity contribution is 7.91. The molecule has 154 valence electrons. The molecule has 0 aliphatic heterocycles. The van der Waals surface area contributed by atoms with Crippen LogP contribution in [0.1, 0.15) is 24.4 Å². The van der Waals surface area contributed by atoms with Crippen LogP contribution in [0.15, 0.2) is 56.8 Å². The van der Waals surface area contributed by atoms with Crippen LogP contribution in [0.3, 0.4) is 0 Å². The Balaban J connectivity index is 1.87. The van der Waals surface area contributed by atoms with E-state index in [1.807, 2.05) is 0 Å². The van der Waals surface area contributed by atoms with Crippen LogP contribution >= 0.6 is 0 Å². The third kappa shape index (κ3) is 4.69. The molecule has 3 aromatic rings. The number of rotatable bonds is 6. The zero-order valence-electron chi connectivity index (χ0n) is 15.7. The second kappa shape index (κ2) is 7.65. The Hall–Kier alpha value is -2.63. The Kier molecular flexibility index (Phi) is 5.57. The minimum absolute atomic E-state index is 0.00446. The largest absolute Gasteiger partial charge is 0.337 e. The van der Waals surface area contributed by atoms with Crippen LogP contribution in [0, 0.1) is 12.7 Å². The third-order valence-corrected chi connectivity index (χ3v) is 6.92. The van der Waals surface area contributed by atoms with Gasteiger partial charge in [-0.25, -0.2) is 21.2 Å². The predicted molar refractivity (Wildman–Crippen MR) is 103 cm³/mol. The molecule has 0 aliphatic carbocycles. The molecule has 0 saturated carbocycles. The molecule has 8 nitrogen and oxygen atoms in total. The molecule has 0 bridgehead atoms. The van der Waals surface area contributed by atoms with Gasteiger partial charge in [-0.3, -0.25) is 0 Å². The summed E-state index contributed by atoms with van der Waals surface area (Å²) in [5.74, 6) is -0.226. The van der Waals surface area contributed by atoms with Crippen LogP contribution in [0.4, 0.5) is 4.39 Å². The summed E-state index contributed by atoms with van der Waals surface area (Å²) in [7, 11) is -7.65. The molecular formula is C18H18FN3O5S2. The van der Waals surface area contributed by atoms with Crippen LogP contribution in [0.2, 0.25) is 0 Å². The number of sulfone groups is 1. The zero-order valence-corrected chi connectivity index (χ0v) is 17.4. The van der Waals surface area contributed by atoms with Crippen LogP contribution in [0.25, 0.3) is 11.4 Å². The SMILES string of the molecule is Cc1ccc(S(C)(=O)=O)cc1S(=O)(=O)NC(C)c1nc(-c2ccc(F)cc2)no1. The van der Waals surface area contributed by atoms with Crippen molar-refractivity contribution in [2.24, 2.45) is 0 Å². The van der Waals surface area contributed by atoms with Gasteiger partial charge in [0.25, 0.3) is 0 Å². The van der Waals surface area contributed by atoms with E-state index in [1.165, 1.54) is 43.3 Å². The second-order valence-corrected chi connectivity index (χ2v) is 10.2.